The fraction of sp³-hybridized carbons (Fsp3) is 0.478. The van der Waals surface area contributed by atoms with Gasteiger partial charge in [-0.25, -0.2) is 12.8 Å². The van der Waals surface area contributed by atoms with Crippen molar-refractivity contribution in [3.8, 4) is 0 Å². The third kappa shape index (κ3) is 3.74. The number of rotatable bonds is 5. The number of aryl methyl sites for hydroxylation is 1. The molecular weight excluding hydrogens is 375 g/mol. The zero-order valence-electron chi connectivity index (χ0n) is 16.8. The van der Waals surface area contributed by atoms with E-state index in [-0.39, 0.29) is 10.6 Å². The van der Waals surface area contributed by atoms with Crippen LogP contribution in [0.2, 0.25) is 0 Å². The number of hydrogen-bond acceptors (Lipinski definition) is 3. The lowest BCUT2D eigenvalue weighted by molar-refractivity contribution is 0.0173. The van der Waals surface area contributed by atoms with Gasteiger partial charge in [0.1, 0.15) is 5.82 Å². The summed E-state index contributed by atoms with van der Waals surface area (Å²) >= 11 is 0. The summed E-state index contributed by atoms with van der Waals surface area (Å²) in [5.41, 5.74) is 1.49. The summed E-state index contributed by atoms with van der Waals surface area (Å²) < 4.78 is 40.7. The van der Waals surface area contributed by atoms with E-state index >= 15 is 0 Å². The fourth-order valence-electron chi connectivity index (χ4n) is 4.48. The molecule has 0 saturated heterocycles. The molecule has 2 unspecified atom stereocenters. The molecule has 3 rings (SSSR count). The molecule has 0 saturated carbocycles. The Hall–Kier alpha value is -1.72. The maximum Gasteiger partial charge on any atom is 0.179 e. The third-order valence-corrected chi connectivity index (χ3v) is 8.23. The highest BCUT2D eigenvalue weighted by Crippen LogP contribution is 2.48. The van der Waals surface area contributed by atoms with Crippen LogP contribution in [0.1, 0.15) is 62.1 Å². The van der Waals surface area contributed by atoms with Gasteiger partial charge in [-0.05, 0) is 49.1 Å². The van der Waals surface area contributed by atoms with E-state index in [0.717, 1.165) is 24.0 Å². The molecule has 2 aromatic rings. The second kappa shape index (κ2) is 7.96. The summed E-state index contributed by atoms with van der Waals surface area (Å²) in [6, 6.07) is 11.6. The van der Waals surface area contributed by atoms with E-state index in [1.54, 1.807) is 0 Å². The van der Waals surface area contributed by atoms with Gasteiger partial charge in [-0.3, -0.25) is 0 Å². The second-order valence-corrected chi connectivity index (χ2v) is 10.1. The molecule has 152 valence electrons. The van der Waals surface area contributed by atoms with Crippen molar-refractivity contribution in [1.29, 1.82) is 0 Å². The average molecular weight is 405 g/mol. The Morgan fingerprint density at radius 3 is 2.43 bits per heavy atom. The van der Waals surface area contributed by atoms with E-state index < -0.39 is 33.1 Å². The van der Waals surface area contributed by atoms with Crippen molar-refractivity contribution >= 4 is 9.84 Å². The maximum atomic E-state index is 14.2. The Bertz CT molecular complexity index is 937. The van der Waals surface area contributed by atoms with Crippen molar-refractivity contribution in [2.75, 3.05) is 5.75 Å². The van der Waals surface area contributed by atoms with Crippen molar-refractivity contribution in [3.63, 3.8) is 0 Å². The predicted octanol–water partition coefficient (Wildman–Crippen LogP) is 5.00. The zero-order chi connectivity index (χ0) is 20.5. The summed E-state index contributed by atoms with van der Waals surface area (Å²) in [5, 5.41) is 11.6. The Morgan fingerprint density at radius 1 is 1.14 bits per heavy atom. The molecule has 2 aromatic carbocycles. The monoisotopic (exact) mass is 404 g/mol. The lowest BCUT2D eigenvalue weighted by Crippen LogP contribution is -2.42. The highest BCUT2D eigenvalue weighted by atomic mass is 32.2. The Labute approximate surface area is 167 Å². The SMILES string of the molecule is CCCCC1(CC)CS(=O)(=O)c2ccc(F)cc2[C@@H](c2ccc(C)cc2)C1O. The van der Waals surface area contributed by atoms with Gasteiger partial charge in [0.2, 0.25) is 0 Å². The topological polar surface area (TPSA) is 54.4 Å². The number of aliphatic hydroxyl groups is 1. The molecule has 0 aliphatic carbocycles. The average Bonchev–Trinajstić information content (AvgIpc) is 2.72. The van der Waals surface area contributed by atoms with E-state index in [1.165, 1.54) is 18.2 Å². The molecule has 0 bridgehead atoms. The van der Waals surface area contributed by atoms with Crippen molar-refractivity contribution in [3.05, 3.63) is 65.0 Å². The molecule has 0 amide bonds. The molecule has 1 aliphatic rings. The molecule has 0 aromatic heterocycles. The van der Waals surface area contributed by atoms with E-state index in [4.69, 9.17) is 0 Å². The smallest absolute Gasteiger partial charge is 0.179 e. The molecular formula is C23H29FO3S. The van der Waals surface area contributed by atoms with Crippen molar-refractivity contribution in [2.24, 2.45) is 5.41 Å². The third-order valence-electron chi connectivity index (χ3n) is 6.23. The summed E-state index contributed by atoms with van der Waals surface area (Å²) in [5.74, 6) is -1.19. The first-order valence-electron chi connectivity index (χ1n) is 10.0. The molecule has 28 heavy (non-hydrogen) atoms. The van der Waals surface area contributed by atoms with Crippen molar-refractivity contribution in [1.82, 2.24) is 0 Å². The van der Waals surface area contributed by atoms with Crippen LogP contribution in [-0.4, -0.2) is 25.4 Å². The number of sulfone groups is 1. The zero-order valence-corrected chi connectivity index (χ0v) is 17.6. The largest absolute Gasteiger partial charge is 0.392 e. The summed E-state index contributed by atoms with van der Waals surface area (Å²) in [4.78, 5) is 0.144. The van der Waals surface area contributed by atoms with Crippen LogP contribution < -0.4 is 0 Å². The molecule has 5 heteroatoms. The van der Waals surface area contributed by atoms with Crippen LogP contribution in [0, 0.1) is 18.2 Å². The summed E-state index contributed by atoms with van der Waals surface area (Å²) in [6.07, 6.45) is 2.02. The van der Waals surface area contributed by atoms with Crippen molar-refractivity contribution in [2.45, 2.75) is 63.4 Å². The molecule has 0 spiro atoms. The van der Waals surface area contributed by atoms with Gasteiger partial charge in [0.05, 0.1) is 16.8 Å². The second-order valence-electron chi connectivity index (χ2n) is 8.09. The maximum absolute atomic E-state index is 14.2. The highest BCUT2D eigenvalue weighted by Gasteiger charge is 2.48. The Morgan fingerprint density at radius 2 is 1.82 bits per heavy atom. The van der Waals surface area contributed by atoms with Gasteiger partial charge in [-0.15, -0.1) is 0 Å². The highest BCUT2D eigenvalue weighted by molar-refractivity contribution is 7.91. The first-order chi connectivity index (χ1) is 13.2. The van der Waals surface area contributed by atoms with Gasteiger partial charge in [-0.1, -0.05) is 56.5 Å². The molecule has 1 N–H and O–H groups in total. The lowest BCUT2D eigenvalue weighted by atomic mass is 9.69. The van der Waals surface area contributed by atoms with E-state index in [9.17, 15) is 17.9 Å². The summed E-state index contributed by atoms with van der Waals surface area (Å²) in [7, 11) is -3.65. The normalized spacial score (nSPS) is 26.5. The number of benzene rings is 2. The van der Waals surface area contributed by atoms with E-state index in [0.29, 0.717) is 18.4 Å². The number of fused-ring (bicyclic) bond motifs is 1. The minimum absolute atomic E-state index is 0.112. The quantitative estimate of drug-likeness (QED) is 0.714. The van der Waals surface area contributed by atoms with Crippen LogP contribution in [0.15, 0.2) is 47.4 Å². The van der Waals surface area contributed by atoms with E-state index in [1.807, 2.05) is 38.1 Å². The van der Waals surface area contributed by atoms with Gasteiger partial charge in [0, 0.05) is 11.3 Å². The first kappa shape index (κ1) is 21.0. The number of halogens is 1. The van der Waals surface area contributed by atoms with Crippen LogP contribution in [-0.2, 0) is 9.84 Å². The Kier molecular flexibility index (Phi) is 5.97. The van der Waals surface area contributed by atoms with Crippen LogP contribution in [0.3, 0.4) is 0 Å². The number of hydrogen-bond donors (Lipinski definition) is 1. The fourth-order valence-corrected chi connectivity index (χ4v) is 6.74. The minimum Gasteiger partial charge on any atom is -0.392 e. The van der Waals surface area contributed by atoms with Crippen LogP contribution in [0.25, 0.3) is 0 Å². The molecule has 0 fully saturated rings. The van der Waals surface area contributed by atoms with Crippen LogP contribution in [0.5, 0.6) is 0 Å². The molecule has 1 heterocycles. The van der Waals surface area contributed by atoms with Gasteiger partial charge in [0.25, 0.3) is 0 Å². The predicted molar refractivity (Wildman–Crippen MR) is 110 cm³/mol. The molecule has 3 nitrogen and oxygen atoms in total. The first-order valence-corrected chi connectivity index (χ1v) is 11.7. The number of aliphatic hydroxyl groups excluding tert-OH is 1. The standard InChI is InChI=1S/C23H29FO3S/c1-4-6-13-23(5-2)15-28(26,27)20-12-11-18(24)14-19(20)21(22(23)25)17-9-7-16(3)8-10-17/h7-12,14,21-22,25H,4-6,13,15H2,1-3H3/t21-,22?,23?/m1/s1. The molecule has 1 aliphatic heterocycles. The van der Waals surface area contributed by atoms with Gasteiger partial charge in [0.15, 0.2) is 9.84 Å². The van der Waals surface area contributed by atoms with Crippen LogP contribution in [0.4, 0.5) is 4.39 Å². The van der Waals surface area contributed by atoms with Gasteiger partial charge < -0.3 is 5.11 Å². The van der Waals surface area contributed by atoms with Gasteiger partial charge >= 0.3 is 0 Å². The molecule has 0 radical (unpaired) electrons. The lowest BCUT2D eigenvalue weighted by Gasteiger charge is -2.39. The van der Waals surface area contributed by atoms with E-state index in [2.05, 4.69) is 6.92 Å². The summed E-state index contributed by atoms with van der Waals surface area (Å²) in [6.45, 7) is 5.97. The minimum atomic E-state index is -3.65. The van der Waals surface area contributed by atoms with Crippen molar-refractivity contribution < 1.29 is 17.9 Å². The number of unbranched alkanes of at least 4 members (excludes halogenated alkanes) is 1. The molecule has 3 atom stereocenters. The van der Waals surface area contributed by atoms with Crippen LogP contribution >= 0.6 is 0 Å². The Balaban J connectivity index is 2.28. The van der Waals surface area contributed by atoms with Gasteiger partial charge in [-0.2, -0.15) is 0 Å².